The predicted octanol–water partition coefficient (Wildman–Crippen LogP) is 3.28. The van der Waals surface area contributed by atoms with Crippen molar-refractivity contribution >= 4 is 22.2 Å². The number of nitriles is 1. The van der Waals surface area contributed by atoms with E-state index < -0.39 is 12.2 Å². The molecule has 24 heavy (non-hydrogen) atoms. The van der Waals surface area contributed by atoms with Crippen molar-refractivity contribution in [1.82, 2.24) is 0 Å². The van der Waals surface area contributed by atoms with E-state index in [2.05, 4.69) is 11.4 Å². The maximum atomic E-state index is 12.7. The molecule has 1 aromatic heterocycles. The number of anilines is 1. The van der Waals surface area contributed by atoms with E-state index in [0.717, 1.165) is 24.8 Å². The van der Waals surface area contributed by atoms with Crippen LogP contribution in [0.3, 0.4) is 0 Å². The lowest BCUT2D eigenvalue weighted by atomic mass is 10.1. The van der Waals surface area contributed by atoms with Crippen molar-refractivity contribution < 1.29 is 14.3 Å². The van der Waals surface area contributed by atoms with Crippen LogP contribution in [0.4, 0.5) is 5.00 Å². The van der Waals surface area contributed by atoms with E-state index in [4.69, 9.17) is 9.47 Å². The number of hydrogen-bond donors (Lipinski definition) is 1. The standard InChI is InChI=1S/C18H16N2O3S/c1-10-16(23-14-7-3-2-6-13(14)22-10)17(21)20-18-12(9-19)11-5-4-8-15(11)24-18/h2-3,6-7,10,16H,4-5,8H2,1H3,(H,20,21)/t10-,16-/m0/s1. The van der Waals surface area contributed by atoms with E-state index in [9.17, 15) is 10.1 Å². The largest absolute Gasteiger partial charge is 0.482 e. The monoisotopic (exact) mass is 340 g/mol. The quantitative estimate of drug-likeness (QED) is 0.911. The van der Waals surface area contributed by atoms with Crippen molar-refractivity contribution in [1.29, 1.82) is 5.26 Å². The van der Waals surface area contributed by atoms with Crippen LogP contribution in [0.25, 0.3) is 0 Å². The SMILES string of the molecule is C[C@@H]1Oc2ccccc2O[C@@H]1C(=O)Nc1sc2c(c1C#N)CCC2. The smallest absolute Gasteiger partial charge is 0.270 e. The number of aryl methyl sites for hydroxylation is 1. The number of rotatable bonds is 2. The summed E-state index contributed by atoms with van der Waals surface area (Å²) >= 11 is 1.50. The molecule has 4 rings (SSSR count). The fourth-order valence-electron chi connectivity index (χ4n) is 3.20. The van der Waals surface area contributed by atoms with Gasteiger partial charge in [-0.3, -0.25) is 4.79 Å². The van der Waals surface area contributed by atoms with Crippen molar-refractivity contribution in [2.75, 3.05) is 5.32 Å². The molecule has 0 saturated heterocycles. The van der Waals surface area contributed by atoms with Gasteiger partial charge < -0.3 is 14.8 Å². The van der Waals surface area contributed by atoms with E-state index in [1.807, 2.05) is 18.2 Å². The lowest BCUT2D eigenvalue weighted by Gasteiger charge is -2.30. The van der Waals surface area contributed by atoms with Gasteiger partial charge in [0.15, 0.2) is 11.5 Å². The molecule has 1 N–H and O–H groups in total. The average molecular weight is 340 g/mol. The Morgan fingerprint density at radius 2 is 2.04 bits per heavy atom. The summed E-state index contributed by atoms with van der Waals surface area (Å²) < 4.78 is 11.6. The van der Waals surface area contributed by atoms with Gasteiger partial charge in [0.25, 0.3) is 5.91 Å². The Morgan fingerprint density at radius 3 is 2.79 bits per heavy atom. The minimum Gasteiger partial charge on any atom is -0.482 e. The maximum Gasteiger partial charge on any atom is 0.270 e. The van der Waals surface area contributed by atoms with E-state index in [1.165, 1.54) is 16.2 Å². The van der Waals surface area contributed by atoms with Gasteiger partial charge in [-0.25, -0.2) is 0 Å². The van der Waals surface area contributed by atoms with Gasteiger partial charge in [0, 0.05) is 4.88 Å². The van der Waals surface area contributed by atoms with Crippen LogP contribution < -0.4 is 14.8 Å². The number of para-hydroxylation sites is 2. The zero-order chi connectivity index (χ0) is 16.7. The molecule has 2 atom stereocenters. The van der Waals surface area contributed by atoms with Crippen LogP contribution >= 0.6 is 11.3 Å². The number of benzene rings is 1. The van der Waals surface area contributed by atoms with Crippen molar-refractivity contribution in [2.45, 2.75) is 38.4 Å². The van der Waals surface area contributed by atoms with Gasteiger partial charge in [0.1, 0.15) is 17.2 Å². The number of carbonyl (C=O) groups excluding carboxylic acids is 1. The molecule has 2 aromatic rings. The molecule has 0 spiro atoms. The number of nitrogens with zero attached hydrogens (tertiary/aromatic N) is 1. The van der Waals surface area contributed by atoms with Crippen LogP contribution in [0.5, 0.6) is 11.5 Å². The molecular formula is C18H16N2O3S. The fraction of sp³-hybridized carbons (Fsp3) is 0.333. The van der Waals surface area contributed by atoms with Crippen molar-refractivity contribution in [2.24, 2.45) is 0 Å². The fourth-order valence-corrected chi connectivity index (χ4v) is 4.44. The molecule has 0 bridgehead atoms. The van der Waals surface area contributed by atoms with Crippen LogP contribution in [0.15, 0.2) is 24.3 Å². The summed E-state index contributed by atoms with van der Waals surface area (Å²) in [6.45, 7) is 1.81. The summed E-state index contributed by atoms with van der Waals surface area (Å²) in [5.41, 5.74) is 1.70. The summed E-state index contributed by atoms with van der Waals surface area (Å²) in [4.78, 5) is 13.9. The Labute approximate surface area is 143 Å². The van der Waals surface area contributed by atoms with Crippen molar-refractivity contribution in [3.8, 4) is 17.6 Å². The molecule has 5 nitrogen and oxygen atoms in total. The molecular weight excluding hydrogens is 324 g/mol. The predicted molar refractivity (Wildman–Crippen MR) is 90.6 cm³/mol. The molecule has 0 saturated carbocycles. The first-order chi connectivity index (χ1) is 11.7. The molecule has 1 aliphatic heterocycles. The minimum atomic E-state index is -0.747. The van der Waals surface area contributed by atoms with Crippen molar-refractivity contribution in [3.63, 3.8) is 0 Å². The first kappa shape index (κ1) is 15.0. The highest BCUT2D eigenvalue weighted by Gasteiger charge is 2.35. The maximum absolute atomic E-state index is 12.7. The molecule has 0 radical (unpaired) electrons. The first-order valence-corrected chi connectivity index (χ1v) is 8.77. The van der Waals surface area contributed by atoms with Crippen LogP contribution in [-0.4, -0.2) is 18.1 Å². The van der Waals surface area contributed by atoms with Gasteiger partial charge in [-0.1, -0.05) is 12.1 Å². The summed E-state index contributed by atoms with van der Waals surface area (Å²) in [5.74, 6) is 0.917. The van der Waals surface area contributed by atoms with Crippen LogP contribution in [0, 0.1) is 11.3 Å². The average Bonchev–Trinajstić information content (AvgIpc) is 3.14. The van der Waals surface area contributed by atoms with Crippen LogP contribution in [-0.2, 0) is 17.6 Å². The molecule has 1 amide bonds. The Morgan fingerprint density at radius 1 is 1.29 bits per heavy atom. The van der Waals surface area contributed by atoms with Crippen molar-refractivity contribution in [3.05, 3.63) is 40.3 Å². The summed E-state index contributed by atoms with van der Waals surface area (Å²) in [6, 6.07) is 9.53. The lowest BCUT2D eigenvalue weighted by molar-refractivity contribution is -0.127. The number of carbonyl (C=O) groups is 1. The Bertz CT molecular complexity index is 852. The minimum absolute atomic E-state index is 0.284. The third-order valence-corrected chi connectivity index (χ3v) is 5.58. The Balaban J connectivity index is 1.56. The van der Waals surface area contributed by atoms with E-state index in [-0.39, 0.29) is 5.91 Å². The van der Waals surface area contributed by atoms with E-state index in [1.54, 1.807) is 13.0 Å². The highest BCUT2D eigenvalue weighted by atomic mass is 32.1. The molecule has 6 heteroatoms. The lowest BCUT2D eigenvalue weighted by Crippen LogP contribution is -2.46. The normalized spacial score (nSPS) is 21.0. The number of fused-ring (bicyclic) bond motifs is 2. The highest BCUT2D eigenvalue weighted by molar-refractivity contribution is 7.16. The second kappa shape index (κ2) is 5.84. The zero-order valence-corrected chi connectivity index (χ0v) is 14.0. The van der Waals surface area contributed by atoms with Gasteiger partial charge in [-0.05, 0) is 43.9 Å². The molecule has 1 aromatic carbocycles. The number of amides is 1. The number of ether oxygens (including phenoxy) is 2. The topological polar surface area (TPSA) is 71.3 Å². The third kappa shape index (κ3) is 2.42. The van der Waals surface area contributed by atoms with Gasteiger partial charge in [-0.15, -0.1) is 11.3 Å². The number of hydrogen-bond acceptors (Lipinski definition) is 5. The second-order valence-electron chi connectivity index (χ2n) is 5.97. The summed E-state index contributed by atoms with van der Waals surface area (Å²) in [6.07, 6.45) is 1.83. The Kier molecular flexibility index (Phi) is 3.66. The summed E-state index contributed by atoms with van der Waals surface area (Å²) in [5, 5.41) is 12.9. The van der Waals surface area contributed by atoms with E-state index >= 15 is 0 Å². The first-order valence-electron chi connectivity index (χ1n) is 7.95. The second-order valence-corrected chi connectivity index (χ2v) is 7.08. The molecule has 2 aliphatic rings. The molecule has 2 heterocycles. The van der Waals surface area contributed by atoms with Crippen LogP contribution in [0.2, 0.25) is 0 Å². The third-order valence-electron chi connectivity index (χ3n) is 4.37. The number of thiophene rings is 1. The highest BCUT2D eigenvalue weighted by Crippen LogP contribution is 2.39. The molecule has 0 fully saturated rings. The van der Waals surface area contributed by atoms with Crippen LogP contribution in [0.1, 0.15) is 29.3 Å². The van der Waals surface area contributed by atoms with E-state index in [0.29, 0.717) is 22.1 Å². The zero-order valence-electron chi connectivity index (χ0n) is 13.2. The molecule has 1 aliphatic carbocycles. The van der Waals surface area contributed by atoms with Gasteiger partial charge in [0.2, 0.25) is 6.10 Å². The van der Waals surface area contributed by atoms with Gasteiger partial charge >= 0.3 is 0 Å². The molecule has 0 unspecified atom stereocenters. The van der Waals surface area contributed by atoms with Gasteiger partial charge in [0.05, 0.1) is 5.56 Å². The summed E-state index contributed by atoms with van der Waals surface area (Å²) in [7, 11) is 0. The van der Waals surface area contributed by atoms with Gasteiger partial charge in [-0.2, -0.15) is 5.26 Å². The Hall–Kier alpha value is -2.52. The number of nitrogens with one attached hydrogen (secondary N) is 1. The molecule has 122 valence electrons.